The number of nitrogens with one attached hydrogen (secondary N) is 1. The van der Waals surface area contributed by atoms with Crippen LogP contribution in [0.5, 0.6) is 0 Å². The van der Waals surface area contributed by atoms with Gasteiger partial charge in [0.1, 0.15) is 11.4 Å². The Morgan fingerprint density at radius 2 is 2.28 bits per heavy atom. The van der Waals surface area contributed by atoms with Crippen LogP contribution in [0.2, 0.25) is 0 Å². The number of sulfone groups is 1. The number of aromatic carboxylic acids is 1. The molecule has 6 nitrogen and oxygen atoms in total. The molecule has 1 aliphatic rings. The molecule has 0 saturated carbocycles. The van der Waals surface area contributed by atoms with Gasteiger partial charge in [0.15, 0.2) is 9.84 Å². The largest absolute Gasteiger partial charge is 0.478 e. The summed E-state index contributed by atoms with van der Waals surface area (Å²) in [6, 6.07) is 0.951. The predicted octanol–water partition coefficient (Wildman–Crippen LogP) is 1.26. The number of hydrogen-bond acceptors (Lipinski definition) is 5. The van der Waals surface area contributed by atoms with Crippen LogP contribution in [0.4, 0.5) is 5.82 Å². The summed E-state index contributed by atoms with van der Waals surface area (Å²) in [5.74, 6) is -1.07. The van der Waals surface area contributed by atoms with Crippen molar-refractivity contribution in [1.82, 2.24) is 4.98 Å². The second kappa shape index (κ2) is 4.69. The van der Waals surface area contributed by atoms with Crippen LogP contribution in [0.15, 0.2) is 28.2 Å². The van der Waals surface area contributed by atoms with E-state index < -0.39 is 21.8 Å². The number of rotatable bonds is 3. The number of anilines is 1. The van der Waals surface area contributed by atoms with Crippen molar-refractivity contribution in [2.45, 2.75) is 6.04 Å². The monoisotopic (exact) mass is 332 g/mol. The molecule has 1 atom stereocenters. The fourth-order valence-electron chi connectivity index (χ4n) is 1.56. The zero-order valence-electron chi connectivity index (χ0n) is 9.00. The average Bonchev–Trinajstić information content (AvgIpc) is 2.60. The summed E-state index contributed by atoms with van der Waals surface area (Å²) in [7, 11) is -3.18. The minimum atomic E-state index is -3.18. The van der Waals surface area contributed by atoms with Crippen molar-refractivity contribution in [3.63, 3.8) is 0 Å². The highest BCUT2D eigenvalue weighted by Crippen LogP contribution is 2.20. The Morgan fingerprint density at radius 1 is 1.56 bits per heavy atom. The zero-order valence-corrected chi connectivity index (χ0v) is 11.4. The highest BCUT2D eigenvalue weighted by atomic mass is 79.9. The maximum Gasteiger partial charge on any atom is 0.339 e. The van der Waals surface area contributed by atoms with E-state index in [-0.39, 0.29) is 17.1 Å². The van der Waals surface area contributed by atoms with Crippen molar-refractivity contribution in [2.75, 3.05) is 11.1 Å². The summed E-state index contributed by atoms with van der Waals surface area (Å²) < 4.78 is 23.0. The van der Waals surface area contributed by atoms with Crippen LogP contribution in [0, 0.1) is 0 Å². The molecule has 96 valence electrons. The SMILES string of the molecule is O=C(O)c1cc(Br)cnc1NC1C=CS(=O)(=O)C1. The van der Waals surface area contributed by atoms with E-state index >= 15 is 0 Å². The molecular formula is C10H9BrN2O4S. The molecule has 2 heterocycles. The molecule has 1 aromatic heterocycles. The average molecular weight is 333 g/mol. The van der Waals surface area contributed by atoms with E-state index in [0.29, 0.717) is 4.47 Å². The molecule has 0 aromatic carbocycles. The Morgan fingerprint density at radius 3 is 2.83 bits per heavy atom. The molecule has 0 saturated heterocycles. The normalized spacial score (nSPS) is 20.8. The third-order valence-electron chi connectivity index (χ3n) is 2.34. The van der Waals surface area contributed by atoms with Crippen LogP contribution >= 0.6 is 15.9 Å². The number of carboxylic acids is 1. The van der Waals surface area contributed by atoms with Gasteiger partial charge in [-0.2, -0.15) is 0 Å². The van der Waals surface area contributed by atoms with Crippen LogP contribution in [-0.2, 0) is 9.84 Å². The number of hydrogen-bond donors (Lipinski definition) is 2. The number of nitrogens with zero attached hydrogens (tertiary/aromatic N) is 1. The summed E-state index contributed by atoms with van der Waals surface area (Å²) in [5.41, 5.74) is -0.0120. The molecule has 0 aliphatic carbocycles. The van der Waals surface area contributed by atoms with Crippen LogP contribution in [-0.4, -0.2) is 36.3 Å². The van der Waals surface area contributed by atoms with Gasteiger partial charge in [-0.3, -0.25) is 0 Å². The summed E-state index contributed by atoms with van der Waals surface area (Å²) in [5, 5.41) is 12.9. The summed E-state index contributed by atoms with van der Waals surface area (Å²) >= 11 is 3.13. The topological polar surface area (TPSA) is 96.4 Å². The van der Waals surface area contributed by atoms with Crippen molar-refractivity contribution in [2.24, 2.45) is 0 Å². The highest BCUT2D eigenvalue weighted by molar-refractivity contribution is 9.10. The number of pyridine rings is 1. The minimum Gasteiger partial charge on any atom is -0.478 e. The zero-order chi connectivity index (χ0) is 13.3. The molecule has 2 N–H and O–H groups in total. The molecule has 18 heavy (non-hydrogen) atoms. The maximum atomic E-state index is 11.2. The fraction of sp³-hybridized carbons (Fsp3) is 0.200. The van der Waals surface area contributed by atoms with E-state index in [4.69, 9.17) is 5.11 Å². The van der Waals surface area contributed by atoms with Gasteiger partial charge in [0.2, 0.25) is 0 Å². The van der Waals surface area contributed by atoms with Gasteiger partial charge in [0.05, 0.1) is 11.8 Å². The van der Waals surface area contributed by atoms with Crippen LogP contribution < -0.4 is 5.32 Å². The Kier molecular flexibility index (Phi) is 3.40. The van der Waals surface area contributed by atoms with Gasteiger partial charge in [0, 0.05) is 16.1 Å². The van der Waals surface area contributed by atoms with Gasteiger partial charge in [-0.1, -0.05) is 0 Å². The van der Waals surface area contributed by atoms with E-state index in [1.807, 2.05) is 0 Å². The lowest BCUT2D eigenvalue weighted by Crippen LogP contribution is -2.23. The van der Waals surface area contributed by atoms with Gasteiger partial charge in [-0.25, -0.2) is 18.2 Å². The lowest BCUT2D eigenvalue weighted by Gasteiger charge is -2.12. The van der Waals surface area contributed by atoms with E-state index in [2.05, 4.69) is 26.2 Å². The summed E-state index contributed by atoms with van der Waals surface area (Å²) in [4.78, 5) is 15.0. The molecule has 2 rings (SSSR count). The van der Waals surface area contributed by atoms with Crippen LogP contribution in [0.1, 0.15) is 10.4 Å². The Labute approximate surface area is 112 Å². The van der Waals surface area contributed by atoms with Crippen molar-refractivity contribution >= 4 is 37.6 Å². The smallest absolute Gasteiger partial charge is 0.339 e. The van der Waals surface area contributed by atoms with Gasteiger partial charge >= 0.3 is 5.97 Å². The number of carbonyl (C=O) groups is 1. The first-order valence-electron chi connectivity index (χ1n) is 4.94. The van der Waals surface area contributed by atoms with Gasteiger partial charge < -0.3 is 10.4 Å². The summed E-state index contributed by atoms with van der Waals surface area (Å²) in [6.07, 6.45) is 2.92. The molecule has 1 aromatic rings. The Hall–Kier alpha value is -1.41. The Bertz CT molecular complexity index is 627. The van der Waals surface area contributed by atoms with E-state index in [9.17, 15) is 13.2 Å². The number of aromatic nitrogens is 1. The predicted molar refractivity (Wildman–Crippen MR) is 69.2 cm³/mol. The van der Waals surface area contributed by atoms with Gasteiger partial charge in [-0.05, 0) is 28.1 Å². The lowest BCUT2D eigenvalue weighted by atomic mass is 10.2. The van der Waals surface area contributed by atoms with Gasteiger partial charge in [-0.15, -0.1) is 0 Å². The van der Waals surface area contributed by atoms with Crippen molar-refractivity contribution < 1.29 is 18.3 Å². The molecular weight excluding hydrogens is 324 g/mol. The standard InChI is InChI=1S/C10H9BrN2O4S/c11-6-3-8(10(14)15)9(12-4-6)13-7-1-2-18(16,17)5-7/h1-4,7H,5H2,(H,12,13)(H,14,15). The van der Waals surface area contributed by atoms with E-state index in [0.717, 1.165) is 5.41 Å². The molecule has 0 bridgehead atoms. The molecule has 1 aliphatic heterocycles. The molecule has 0 radical (unpaired) electrons. The van der Waals surface area contributed by atoms with Crippen LogP contribution in [0.25, 0.3) is 0 Å². The first kappa shape index (κ1) is 13.0. The van der Waals surface area contributed by atoms with Crippen molar-refractivity contribution in [3.8, 4) is 0 Å². The van der Waals surface area contributed by atoms with Gasteiger partial charge in [0.25, 0.3) is 0 Å². The highest BCUT2D eigenvalue weighted by Gasteiger charge is 2.23. The Balaban J connectivity index is 2.25. The van der Waals surface area contributed by atoms with Crippen molar-refractivity contribution in [3.05, 3.63) is 33.8 Å². The number of carboxylic acid groups (broad SMARTS) is 1. The molecule has 0 spiro atoms. The van der Waals surface area contributed by atoms with Crippen molar-refractivity contribution in [1.29, 1.82) is 0 Å². The second-order valence-electron chi connectivity index (χ2n) is 3.76. The first-order chi connectivity index (χ1) is 8.37. The molecule has 1 unspecified atom stereocenters. The minimum absolute atomic E-state index is 0.0120. The first-order valence-corrected chi connectivity index (χ1v) is 7.44. The lowest BCUT2D eigenvalue weighted by molar-refractivity contribution is 0.0697. The third-order valence-corrected chi connectivity index (χ3v) is 4.17. The molecule has 0 fully saturated rings. The van der Waals surface area contributed by atoms with E-state index in [1.165, 1.54) is 18.3 Å². The van der Waals surface area contributed by atoms with E-state index in [1.54, 1.807) is 0 Å². The fourth-order valence-corrected chi connectivity index (χ4v) is 3.13. The molecule has 0 amide bonds. The maximum absolute atomic E-state index is 11.2. The van der Waals surface area contributed by atoms with Crippen LogP contribution in [0.3, 0.4) is 0 Å². The quantitative estimate of drug-likeness (QED) is 0.865. The second-order valence-corrected chi connectivity index (χ2v) is 6.61. The summed E-state index contributed by atoms with van der Waals surface area (Å²) in [6.45, 7) is 0. The third kappa shape index (κ3) is 2.88. The number of halogens is 1. The molecule has 8 heteroatoms.